The van der Waals surface area contributed by atoms with Crippen LogP contribution in [0.4, 0.5) is 10.1 Å². The van der Waals surface area contributed by atoms with Gasteiger partial charge in [-0.25, -0.2) is 4.39 Å². The first-order chi connectivity index (χ1) is 17.0. The summed E-state index contributed by atoms with van der Waals surface area (Å²) in [6.45, 7) is 0. The third-order valence-corrected chi connectivity index (χ3v) is 7.10. The number of nitrogens with zero attached hydrogens (tertiary/aromatic N) is 1. The Balaban J connectivity index is 1.82. The zero-order chi connectivity index (χ0) is 24.8. The quantitative estimate of drug-likeness (QED) is 0.438. The standard InChI is InChI=1S/C27H29FN2O4S/c1-33-21-13-14-23(24(16-21)34-2)26(27(32)29-19-6-3-4-7-19)30(20-11-9-18(28)10-12-20)25(31)17-22-8-5-15-35-22/h5,8-16,19,26H,3-4,6-7,17H2,1-2H3,(H,29,32). The van der Waals surface area contributed by atoms with Crippen LogP contribution in [-0.4, -0.2) is 32.1 Å². The number of nitrogens with one attached hydrogen (secondary N) is 1. The Bertz CT molecular complexity index is 1140. The van der Waals surface area contributed by atoms with Crippen molar-refractivity contribution in [2.45, 2.75) is 44.2 Å². The molecule has 1 aromatic heterocycles. The molecule has 1 heterocycles. The van der Waals surface area contributed by atoms with E-state index in [9.17, 15) is 14.0 Å². The van der Waals surface area contributed by atoms with Gasteiger partial charge in [-0.2, -0.15) is 0 Å². The molecule has 2 aromatic carbocycles. The number of carbonyl (C=O) groups excluding carboxylic acids is 2. The van der Waals surface area contributed by atoms with Gasteiger partial charge in [-0.15, -0.1) is 11.3 Å². The topological polar surface area (TPSA) is 67.9 Å². The molecule has 0 spiro atoms. The summed E-state index contributed by atoms with van der Waals surface area (Å²) in [5.41, 5.74) is 0.949. The fourth-order valence-electron chi connectivity index (χ4n) is 4.48. The van der Waals surface area contributed by atoms with Crippen LogP contribution in [0.25, 0.3) is 0 Å². The van der Waals surface area contributed by atoms with E-state index in [0.717, 1.165) is 30.6 Å². The van der Waals surface area contributed by atoms with E-state index in [1.165, 1.54) is 47.6 Å². The smallest absolute Gasteiger partial charge is 0.248 e. The van der Waals surface area contributed by atoms with Crippen molar-refractivity contribution in [1.29, 1.82) is 0 Å². The van der Waals surface area contributed by atoms with Crippen LogP contribution in [0.2, 0.25) is 0 Å². The van der Waals surface area contributed by atoms with Crippen molar-refractivity contribution in [2.75, 3.05) is 19.1 Å². The van der Waals surface area contributed by atoms with E-state index in [4.69, 9.17) is 9.47 Å². The molecule has 6 nitrogen and oxygen atoms in total. The summed E-state index contributed by atoms with van der Waals surface area (Å²) in [6.07, 6.45) is 4.03. The summed E-state index contributed by atoms with van der Waals surface area (Å²) in [5.74, 6) is -0.00753. The molecule has 0 radical (unpaired) electrons. The predicted molar refractivity (Wildman–Crippen MR) is 135 cm³/mol. The molecule has 3 aromatic rings. The van der Waals surface area contributed by atoms with Crippen LogP contribution >= 0.6 is 11.3 Å². The van der Waals surface area contributed by atoms with Gasteiger partial charge in [0, 0.05) is 28.2 Å². The second-order valence-electron chi connectivity index (χ2n) is 8.50. The van der Waals surface area contributed by atoms with Crippen molar-refractivity contribution >= 4 is 28.8 Å². The molecule has 0 saturated heterocycles. The number of halogens is 1. The highest BCUT2D eigenvalue weighted by Gasteiger charge is 2.36. The van der Waals surface area contributed by atoms with Gasteiger partial charge in [0.15, 0.2) is 0 Å². The van der Waals surface area contributed by atoms with Crippen molar-refractivity contribution in [2.24, 2.45) is 0 Å². The number of rotatable bonds is 9. The Morgan fingerprint density at radius 2 is 1.83 bits per heavy atom. The highest BCUT2D eigenvalue weighted by molar-refractivity contribution is 7.10. The van der Waals surface area contributed by atoms with Crippen LogP contribution in [-0.2, 0) is 16.0 Å². The fourth-order valence-corrected chi connectivity index (χ4v) is 5.17. The Morgan fingerprint density at radius 3 is 2.46 bits per heavy atom. The molecule has 1 atom stereocenters. The molecule has 2 amide bonds. The number of methoxy groups -OCH3 is 2. The lowest BCUT2D eigenvalue weighted by molar-refractivity contribution is -0.127. The average Bonchev–Trinajstić information content (AvgIpc) is 3.57. The van der Waals surface area contributed by atoms with Crippen LogP contribution in [0.5, 0.6) is 11.5 Å². The number of carbonyl (C=O) groups is 2. The summed E-state index contributed by atoms with van der Waals surface area (Å²) in [6, 6.07) is 13.6. The van der Waals surface area contributed by atoms with E-state index < -0.39 is 11.9 Å². The van der Waals surface area contributed by atoms with E-state index in [2.05, 4.69) is 5.32 Å². The molecule has 184 valence electrons. The lowest BCUT2D eigenvalue weighted by Gasteiger charge is -2.33. The van der Waals surface area contributed by atoms with Gasteiger partial charge in [-0.3, -0.25) is 14.5 Å². The molecule has 1 saturated carbocycles. The summed E-state index contributed by atoms with van der Waals surface area (Å²) in [7, 11) is 3.06. The Hall–Kier alpha value is -3.39. The molecular formula is C27H29FN2O4S. The molecular weight excluding hydrogens is 467 g/mol. The molecule has 0 aliphatic heterocycles. The van der Waals surface area contributed by atoms with Gasteiger partial charge in [-0.1, -0.05) is 18.9 Å². The highest BCUT2D eigenvalue weighted by atomic mass is 32.1. The van der Waals surface area contributed by atoms with Crippen molar-refractivity contribution in [3.63, 3.8) is 0 Å². The lowest BCUT2D eigenvalue weighted by Crippen LogP contribution is -2.47. The Kier molecular flexibility index (Phi) is 8.02. The van der Waals surface area contributed by atoms with Crippen molar-refractivity contribution in [3.05, 3.63) is 76.2 Å². The molecule has 8 heteroatoms. The SMILES string of the molecule is COc1ccc(C(C(=O)NC2CCCC2)N(C(=O)Cc2cccs2)c2ccc(F)cc2)c(OC)c1. The monoisotopic (exact) mass is 496 g/mol. The highest BCUT2D eigenvalue weighted by Crippen LogP contribution is 2.37. The molecule has 0 bridgehead atoms. The number of benzene rings is 2. The molecule has 35 heavy (non-hydrogen) atoms. The first-order valence-electron chi connectivity index (χ1n) is 11.6. The van der Waals surface area contributed by atoms with Crippen molar-refractivity contribution in [3.8, 4) is 11.5 Å². The number of hydrogen-bond donors (Lipinski definition) is 1. The minimum Gasteiger partial charge on any atom is -0.497 e. The summed E-state index contributed by atoms with van der Waals surface area (Å²) >= 11 is 1.47. The average molecular weight is 497 g/mol. The van der Waals surface area contributed by atoms with Crippen LogP contribution < -0.4 is 19.7 Å². The third kappa shape index (κ3) is 5.82. The van der Waals surface area contributed by atoms with Crippen LogP contribution in [0.3, 0.4) is 0 Å². The van der Waals surface area contributed by atoms with E-state index in [1.807, 2.05) is 17.5 Å². The van der Waals surface area contributed by atoms with Gasteiger partial charge in [0.25, 0.3) is 0 Å². The van der Waals surface area contributed by atoms with Crippen molar-refractivity contribution < 1.29 is 23.5 Å². The predicted octanol–water partition coefficient (Wildman–Crippen LogP) is 5.28. The number of thiophene rings is 1. The second kappa shape index (κ2) is 11.4. The maximum Gasteiger partial charge on any atom is 0.248 e. The number of anilines is 1. The zero-order valence-corrected chi connectivity index (χ0v) is 20.6. The zero-order valence-electron chi connectivity index (χ0n) is 19.8. The van der Waals surface area contributed by atoms with Gasteiger partial charge in [0.05, 0.1) is 20.6 Å². The molecule has 1 N–H and O–H groups in total. The molecule has 1 aliphatic rings. The Morgan fingerprint density at radius 1 is 1.09 bits per heavy atom. The van der Waals surface area contributed by atoms with Crippen LogP contribution in [0.1, 0.15) is 42.2 Å². The first-order valence-corrected chi connectivity index (χ1v) is 12.5. The molecule has 4 rings (SSSR count). The maximum atomic E-state index is 13.8. The van der Waals surface area contributed by atoms with Gasteiger partial charge in [0.1, 0.15) is 23.4 Å². The second-order valence-corrected chi connectivity index (χ2v) is 9.53. The molecule has 1 aliphatic carbocycles. The minimum atomic E-state index is -1.02. The van der Waals surface area contributed by atoms with Gasteiger partial charge in [0.2, 0.25) is 11.8 Å². The normalized spacial score (nSPS) is 14.4. The summed E-state index contributed by atoms with van der Waals surface area (Å²) in [5, 5.41) is 5.05. The molecule has 1 fully saturated rings. The Labute approximate surface area is 208 Å². The fraction of sp³-hybridized carbons (Fsp3) is 0.333. The maximum absolute atomic E-state index is 13.8. The van der Waals surface area contributed by atoms with E-state index >= 15 is 0 Å². The number of amides is 2. The minimum absolute atomic E-state index is 0.0525. The summed E-state index contributed by atoms with van der Waals surface area (Å²) in [4.78, 5) is 29.9. The van der Waals surface area contributed by atoms with Crippen LogP contribution in [0.15, 0.2) is 60.0 Å². The number of ether oxygens (including phenoxy) is 2. The largest absolute Gasteiger partial charge is 0.497 e. The van der Waals surface area contributed by atoms with E-state index in [0.29, 0.717) is 22.7 Å². The van der Waals surface area contributed by atoms with E-state index in [-0.39, 0.29) is 24.3 Å². The summed E-state index contributed by atoms with van der Waals surface area (Å²) < 4.78 is 24.8. The molecule has 1 unspecified atom stereocenters. The third-order valence-electron chi connectivity index (χ3n) is 6.22. The van der Waals surface area contributed by atoms with Gasteiger partial charge in [-0.05, 0) is 60.7 Å². The number of hydrogen-bond acceptors (Lipinski definition) is 5. The van der Waals surface area contributed by atoms with Crippen LogP contribution in [0, 0.1) is 5.82 Å². The van der Waals surface area contributed by atoms with Gasteiger partial charge >= 0.3 is 0 Å². The van der Waals surface area contributed by atoms with Gasteiger partial charge < -0.3 is 14.8 Å². The first kappa shape index (κ1) is 24.7. The lowest BCUT2D eigenvalue weighted by atomic mass is 10.00. The van der Waals surface area contributed by atoms with E-state index in [1.54, 1.807) is 25.3 Å². The van der Waals surface area contributed by atoms with Crippen molar-refractivity contribution in [1.82, 2.24) is 5.32 Å².